The molecule has 5 aliphatic rings. The molecule has 120 valence electrons. The highest BCUT2D eigenvalue weighted by molar-refractivity contribution is 5.85. The molecule has 2 aliphatic carbocycles. The molecule has 3 aliphatic heterocycles. The van der Waals surface area contributed by atoms with Gasteiger partial charge >= 0.3 is 0 Å². The second-order valence-electron chi connectivity index (χ2n) is 8.00. The molecule has 2 saturated carbocycles. The summed E-state index contributed by atoms with van der Waals surface area (Å²) >= 11 is 0. The van der Waals surface area contributed by atoms with Gasteiger partial charge in [-0.05, 0) is 76.2 Å². The molecule has 4 bridgehead atoms. The van der Waals surface area contributed by atoms with Crippen LogP contribution in [0.3, 0.4) is 0 Å². The highest BCUT2D eigenvalue weighted by Gasteiger charge is 2.45. The van der Waals surface area contributed by atoms with Crippen LogP contribution < -0.4 is 5.32 Å². The minimum atomic E-state index is 0. The number of amides is 1. The zero-order chi connectivity index (χ0) is 13.7. The van der Waals surface area contributed by atoms with Crippen molar-refractivity contribution in [3.05, 3.63) is 0 Å². The van der Waals surface area contributed by atoms with E-state index >= 15 is 0 Å². The lowest BCUT2D eigenvalue weighted by Crippen LogP contribution is -2.48. The van der Waals surface area contributed by atoms with Crippen LogP contribution in [0.2, 0.25) is 0 Å². The largest absolute Gasteiger partial charge is 0.339 e. The van der Waals surface area contributed by atoms with Crippen LogP contribution in [0.25, 0.3) is 0 Å². The van der Waals surface area contributed by atoms with Gasteiger partial charge in [0.1, 0.15) is 0 Å². The van der Waals surface area contributed by atoms with Gasteiger partial charge in [-0.1, -0.05) is 0 Å². The summed E-state index contributed by atoms with van der Waals surface area (Å²) in [6.45, 7) is 4.31. The molecule has 0 aromatic heterocycles. The van der Waals surface area contributed by atoms with Crippen molar-refractivity contribution in [2.45, 2.75) is 64.0 Å². The molecule has 5 fully saturated rings. The minimum absolute atomic E-state index is 0. The summed E-state index contributed by atoms with van der Waals surface area (Å²) in [4.78, 5) is 15.4. The van der Waals surface area contributed by atoms with Crippen molar-refractivity contribution in [2.75, 3.05) is 13.1 Å². The molecule has 3 saturated heterocycles. The van der Waals surface area contributed by atoms with E-state index in [1.165, 1.54) is 32.1 Å². The fraction of sp³-hybridized carbons (Fsp3) is 0.941. The van der Waals surface area contributed by atoms with Crippen molar-refractivity contribution in [2.24, 2.45) is 23.7 Å². The summed E-state index contributed by atoms with van der Waals surface area (Å²) in [5.74, 6) is 3.47. The number of carbonyl (C=O) groups excluding carboxylic acids is 1. The van der Waals surface area contributed by atoms with Crippen molar-refractivity contribution in [1.82, 2.24) is 10.2 Å². The topological polar surface area (TPSA) is 32.3 Å². The van der Waals surface area contributed by atoms with Crippen molar-refractivity contribution in [3.8, 4) is 0 Å². The van der Waals surface area contributed by atoms with E-state index in [0.29, 0.717) is 23.9 Å². The predicted octanol–water partition coefficient (Wildman–Crippen LogP) is 2.83. The average molecular weight is 313 g/mol. The number of fused-ring (bicyclic) bond motifs is 1. The second-order valence-corrected chi connectivity index (χ2v) is 8.00. The van der Waals surface area contributed by atoms with Crippen LogP contribution in [0.4, 0.5) is 0 Å². The number of rotatable bonds is 1. The number of piperidine rings is 1. The zero-order valence-electron chi connectivity index (χ0n) is 13.1. The highest BCUT2D eigenvalue weighted by Crippen LogP contribution is 2.47. The Bertz CT molecular complexity index is 388. The lowest BCUT2D eigenvalue weighted by molar-refractivity contribution is -0.139. The first-order valence-corrected chi connectivity index (χ1v) is 8.73. The Morgan fingerprint density at radius 1 is 1.00 bits per heavy atom. The lowest BCUT2D eigenvalue weighted by Gasteiger charge is -2.40. The van der Waals surface area contributed by atoms with Gasteiger partial charge in [-0.25, -0.2) is 0 Å². The first-order chi connectivity index (χ1) is 9.69. The van der Waals surface area contributed by atoms with E-state index in [-0.39, 0.29) is 12.4 Å². The van der Waals surface area contributed by atoms with Crippen molar-refractivity contribution in [3.63, 3.8) is 0 Å². The van der Waals surface area contributed by atoms with Crippen LogP contribution in [0, 0.1) is 23.7 Å². The number of halogens is 1. The number of carbonyl (C=O) groups is 1. The Labute approximate surface area is 134 Å². The first kappa shape index (κ1) is 15.6. The maximum atomic E-state index is 13.0. The van der Waals surface area contributed by atoms with Crippen LogP contribution in [0.1, 0.15) is 51.9 Å². The normalized spacial score (nSPS) is 45.1. The van der Waals surface area contributed by atoms with Gasteiger partial charge in [-0.15, -0.1) is 12.4 Å². The molecule has 3 heterocycles. The van der Waals surface area contributed by atoms with E-state index in [1.54, 1.807) is 0 Å². The van der Waals surface area contributed by atoms with E-state index in [0.717, 1.165) is 43.7 Å². The van der Waals surface area contributed by atoms with Crippen molar-refractivity contribution >= 4 is 18.3 Å². The Hall–Kier alpha value is -0.280. The van der Waals surface area contributed by atoms with Gasteiger partial charge < -0.3 is 10.2 Å². The van der Waals surface area contributed by atoms with E-state index in [4.69, 9.17) is 0 Å². The van der Waals surface area contributed by atoms with Crippen LogP contribution in [-0.2, 0) is 4.79 Å². The van der Waals surface area contributed by atoms with E-state index in [1.807, 2.05) is 0 Å². The molecule has 2 unspecified atom stereocenters. The number of nitrogens with zero attached hydrogens (tertiary/aromatic N) is 1. The van der Waals surface area contributed by atoms with Crippen molar-refractivity contribution < 1.29 is 4.79 Å². The number of nitrogens with one attached hydrogen (secondary N) is 1. The minimum Gasteiger partial charge on any atom is -0.339 e. The molecule has 0 spiro atoms. The van der Waals surface area contributed by atoms with Crippen LogP contribution in [0.5, 0.6) is 0 Å². The monoisotopic (exact) mass is 312 g/mol. The SMILES string of the molecule is C[C@H]1C[C@@H](C(=O)N2CC3CC4CC(C3)CC2C4)CCN1.Cl. The predicted molar refractivity (Wildman–Crippen MR) is 86.5 cm³/mol. The molecule has 0 aromatic rings. The molecule has 1 amide bonds. The Balaban J connectivity index is 0.00000132. The number of hydrogen-bond donors (Lipinski definition) is 1. The Morgan fingerprint density at radius 2 is 1.67 bits per heavy atom. The Kier molecular flexibility index (Phi) is 4.52. The molecule has 4 heteroatoms. The highest BCUT2D eigenvalue weighted by atomic mass is 35.5. The third-order valence-electron chi connectivity index (χ3n) is 6.36. The third kappa shape index (κ3) is 2.96. The van der Waals surface area contributed by atoms with Crippen LogP contribution >= 0.6 is 12.4 Å². The molecule has 0 radical (unpaired) electrons. The molecule has 0 aromatic carbocycles. The summed E-state index contributed by atoms with van der Waals surface area (Å²) in [7, 11) is 0. The summed E-state index contributed by atoms with van der Waals surface area (Å²) in [6, 6.07) is 1.10. The summed E-state index contributed by atoms with van der Waals surface area (Å²) in [5, 5.41) is 3.47. The van der Waals surface area contributed by atoms with Gasteiger partial charge in [-0.2, -0.15) is 0 Å². The van der Waals surface area contributed by atoms with Crippen LogP contribution in [0.15, 0.2) is 0 Å². The quantitative estimate of drug-likeness (QED) is 0.807. The zero-order valence-corrected chi connectivity index (χ0v) is 13.9. The maximum Gasteiger partial charge on any atom is 0.226 e. The lowest BCUT2D eigenvalue weighted by atomic mass is 9.68. The van der Waals surface area contributed by atoms with Gasteiger partial charge in [-0.3, -0.25) is 4.79 Å². The third-order valence-corrected chi connectivity index (χ3v) is 6.36. The first-order valence-electron chi connectivity index (χ1n) is 8.73. The van der Waals surface area contributed by atoms with Gasteiger partial charge in [0, 0.05) is 24.5 Å². The fourth-order valence-corrected chi connectivity index (χ4v) is 5.64. The van der Waals surface area contributed by atoms with E-state index in [2.05, 4.69) is 17.1 Å². The molecular formula is C17H29ClN2O. The molecule has 4 atom stereocenters. The molecular weight excluding hydrogens is 284 g/mol. The standard InChI is InChI=1S/C17H28N2O.ClH/c1-11-4-15(2-3-18-11)17(20)19-10-14-6-12-5-13(7-14)9-16(19)8-12;/h11-16,18H,2-10H2,1H3;1H/t11-,12?,13?,14?,15-,16?;/m0./s1. The van der Waals surface area contributed by atoms with Crippen LogP contribution in [-0.4, -0.2) is 36.0 Å². The second kappa shape index (κ2) is 6.08. The average Bonchev–Trinajstić information content (AvgIpc) is 2.62. The molecule has 3 nitrogen and oxygen atoms in total. The fourth-order valence-electron chi connectivity index (χ4n) is 5.64. The Morgan fingerprint density at radius 3 is 2.33 bits per heavy atom. The molecule has 5 rings (SSSR count). The summed E-state index contributed by atoms with van der Waals surface area (Å²) < 4.78 is 0. The molecule has 21 heavy (non-hydrogen) atoms. The van der Waals surface area contributed by atoms with E-state index < -0.39 is 0 Å². The van der Waals surface area contributed by atoms with Gasteiger partial charge in [0.25, 0.3) is 0 Å². The number of hydrogen-bond acceptors (Lipinski definition) is 2. The maximum absolute atomic E-state index is 13.0. The van der Waals surface area contributed by atoms with Gasteiger partial charge in [0.05, 0.1) is 0 Å². The smallest absolute Gasteiger partial charge is 0.226 e. The summed E-state index contributed by atoms with van der Waals surface area (Å²) in [5.41, 5.74) is 0. The van der Waals surface area contributed by atoms with Gasteiger partial charge in [0.2, 0.25) is 5.91 Å². The van der Waals surface area contributed by atoms with E-state index in [9.17, 15) is 4.79 Å². The van der Waals surface area contributed by atoms with Crippen molar-refractivity contribution in [1.29, 1.82) is 0 Å². The molecule has 1 N–H and O–H groups in total. The summed E-state index contributed by atoms with van der Waals surface area (Å²) in [6.07, 6.45) is 8.96. The van der Waals surface area contributed by atoms with Gasteiger partial charge in [0.15, 0.2) is 0 Å².